The molecule has 4 rings (SSSR count). The Morgan fingerprint density at radius 1 is 1.23 bits per heavy atom. The first-order chi connectivity index (χ1) is 15.0. The first-order valence-corrected chi connectivity index (χ1v) is 11.3. The molecule has 5 heteroatoms. The largest absolute Gasteiger partial charge is 0.497 e. The smallest absolute Gasteiger partial charge is 0.224 e. The highest BCUT2D eigenvalue weighted by Crippen LogP contribution is 2.27. The Hall–Kier alpha value is -2.79. The maximum Gasteiger partial charge on any atom is 0.224 e. The van der Waals surface area contributed by atoms with Gasteiger partial charge in [-0.15, -0.1) is 0 Å². The van der Waals surface area contributed by atoms with E-state index in [0.717, 1.165) is 43.1 Å². The number of nitrogens with zero attached hydrogens (tertiary/aromatic N) is 1. The number of aromatic nitrogens is 1. The van der Waals surface area contributed by atoms with Crippen LogP contribution in [0.5, 0.6) is 5.75 Å². The van der Waals surface area contributed by atoms with Crippen LogP contribution in [0.4, 0.5) is 5.69 Å². The number of carbonyl (C=O) groups excluding carboxylic acids is 1. The topological polar surface area (TPSA) is 57.4 Å². The molecule has 164 valence electrons. The first-order valence-electron chi connectivity index (χ1n) is 11.3. The molecule has 1 aliphatic heterocycles. The first kappa shape index (κ1) is 21.4. The second kappa shape index (κ2) is 9.56. The number of anilines is 1. The number of H-pyrrole nitrogens is 1. The number of nitrogens with one attached hydrogen (secondary N) is 2. The van der Waals surface area contributed by atoms with E-state index in [2.05, 4.69) is 46.4 Å². The van der Waals surface area contributed by atoms with Crippen LogP contribution in [0.1, 0.15) is 42.5 Å². The number of fused-ring (bicyclic) bond motifs is 1. The van der Waals surface area contributed by atoms with Crippen molar-refractivity contribution in [1.82, 2.24) is 9.88 Å². The number of aromatic amines is 1. The minimum Gasteiger partial charge on any atom is -0.497 e. The summed E-state index contributed by atoms with van der Waals surface area (Å²) in [6, 6.07) is 14.3. The van der Waals surface area contributed by atoms with Gasteiger partial charge in [-0.05, 0) is 81.0 Å². The van der Waals surface area contributed by atoms with E-state index in [4.69, 9.17) is 4.74 Å². The van der Waals surface area contributed by atoms with Gasteiger partial charge in [0.2, 0.25) is 5.91 Å². The van der Waals surface area contributed by atoms with Crippen LogP contribution in [0, 0.1) is 19.8 Å². The lowest BCUT2D eigenvalue weighted by molar-refractivity contribution is -0.116. The molecule has 1 unspecified atom stereocenters. The zero-order chi connectivity index (χ0) is 21.8. The molecule has 0 bridgehead atoms. The molecule has 1 aliphatic rings. The molecular weight excluding hydrogens is 386 g/mol. The van der Waals surface area contributed by atoms with Crippen LogP contribution in [-0.4, -0.2) is 36.0 Å². The molecule has 1 atom stereocenters. The van der Waals surface area contributed by atoms with E-state index < -0.39 is 0 Å². The van der Waals surface area contributed by atoms with Crippen LogP contribution < -0.4 is 10.1 Å². The average Bonchev–Trinajstić information content (AvgIpc) is 3.09. The third-order valence-electron chi connectivity index (χ3n) is 6.54. The van der Waals surface area contributed by atoms with Crippen molar-refractivity contribution in [3.05, 3.63) is 59.3 Å². The van der Waals surface area contributed by atoms with Crippen molar-refractivity contribution in [1.29, 1.82) is 0 Å². The monoisotopic (exact) mass is 419 g/mol. The Kier molecular flexibility index (Phi) is 6.62. The van der Waals surface area contributed by atoms with E-state index in [1.54, 1.807) is 7.11 Å². The summed E-state index contributed by atoms with van der Waals surface area (Å²) < 4.78 is 5.24. The van der Waals surface area contributed by atoms with Crippen molar-refractivity contribution in [2.75, 3.05) is 25.5 Å². The molecule has 0 aliphatic carbocycles. The lowest BCUT2D eigenvalue weighted by atomic mass is 9.93. The van der Waals surface area contributed by atoms with Gasteiger partial charge in [0.1, 0.15) is 5.75 Å². The lowest BCUT2D eigenvalue weighted by Crippen LogP contribution is -2.35. The van der Waals surface area contributed by atoms with Crippen LogP contribution in [0.15, 0.2) is 42.5 Å². The number of methoxy groups -OCH3 is 1. The second-order valence-corrected chi connectivity index (χ2v) is 8.79. The van der Waals surface area contributed by atoms with E-state index in [9.17, 15) is 4.79 Å². The number of piperidine rings is 1. The van der Waals surface area contributed by atoms with Gasteiger partial charge in [0.15, 0.2) is 0 Å². The molecular formula is C26H33N3O2. The molecule has 2 heterocycles. The van der Waals surface area contributed by atoms with E-state index >= 15 is 0 Å². The molecule has 0 radical (unpaired) electrons. The Morgan fingerprint density at radius 2 is 2.06 bits per heavy atom. The fraction of sp³-hybridized carbons (Fsp3) is 0.423. The number of rotatable bonds is 7. The van der Waals surface area contributed by atoms with E-state index in [1.165, 1.54) is 35.0 Å². The second-order valence-electron chi connectivity index (χ2n) is 8.79. The van der Waals surface area contributed by atoms with Gasteiger partial charge >= 0.3 is 0 Å². The van der Waals surface area contributed by atoms with Crippen LogP contribution >= 0.6 is 0 Å². The summed E-state index contributed by atoms with van der Waals surface area (Å²) in [6.07, 6.45) is 3.90. The number of hydrogen-bond acceptors (Lipinski definition) is 3. The van der Waals surface area contributed by atoms with Crippen LogP contribution in [0.25, 0.3) is 10.9 Å². The summed E-state index contributed by atoms with van der Waals surface area (Å²) in [6.45, 7) is 7.34. The van der Waals surface area contributed by atoms with Gasteiger partial charge in [-0.3, -0.25) is 9.69 Å². The number of likely N-dealkylation sites (tertiary alicyclic amines) is 1. The number of carbonyl (C=O) groups is 1. The van der Waals surface area contributed by atoms with Crippen molar-refractivity contribution >= 4 is 22.5 Å². The fourth-order valence-electron chi connectivity index (χ4n) is 4.70. The maximum atomic E-state index is 12.5. The Balaban J connectivity index is 1.29. The highest BCUT2D eigenvalue weighted by molar-refractivity contribution is 5.91. The molecule has 1 saturated heterocycles. The van der Waals surface area contributed by atoms with E-state index in [0.29, 0.717) is 12.3 Å². The third kappa shape index (κ3) is 5.10. The molecule has 1 fully saturated rings. The van der Waals surface area contributed by atoms with Crippen LogP contribution in [0.2, 0.25) is 0 Å². The van der Waals surface area contributed by atoms with Crippen molar-refractivity contribution in [3.63, 3.8) is 0 Å². The summed E-state index contributed by atoms with van der Waals surface area (Å²) in [5.74, 6) is 1.47. The van der Waals surface area contributed by atoms with Gasteiger partial charge in [0.05, 0.1) is 7.11 Å². The Morgan fingerprint density at radius 3 is 2.84 bits per heavy atom. The minimum atomic E-state index is 0.0943. The molecule has 2 aromatic carbocycles. The quantitative estimate of drug-likeness (QED) is 0.537. The SMILES string of the molecule is COc1ccc(NC(=O)CCC2CCCN(Cc3[nH]c4ccccc4c3C)C2)c(C)c1. The number of para-hydroxylation sites is 1. The van der Waals surface area contributed by atoms with Crippen molar-refractivity contribution in [3.8, 4) is 5.75 Å². The van der Waals surface area contributed by atoms with Gasteiger partial charge in [0, 0.05) is 41.8 Å². The molecule has 5 nitrogen and oxygen atoms in total. The summed E-state index contributed by atoms with van der Waals surface area (Å²) in [5.41, 5.74) is 5.77. The van der Waals surface area contributed by atoms with Crippen molar-refractivity contribution < 1.29 is 9.53 Å². The number of benzene rings is 2. The lowest BCUT2D eigenvalue weighted by Gasteiger charge is -2.32. The summed E-state index contributed by atoms with van der Waals surface area (Å²) in [5, 5.41) is 4.38. The highest BCUT2D eigenvalue weighted by atomic mass is 16.5. The van der Waals surface area contributed by atoms with E-state index in [-0.39, 0.29) is 5.91 Å². The van der Waals surface area contributed by atoms with Gasteiger partial charge in [-0.25, -0.2) is 0 Å². The Labute approximate surface area is 184 Å². The standard InChI is InChI=1S/C26H33N3O2/c1-18-15-21(31-3)11-12-23(18)28-26(30)13-10-20-7-6-14-29(16-20)17-25-19(2)22-8-4-5-9-24(22)27-25/h4-5,8-9,11-12,15,20,27H,6-7,10,13-14,16-17H2,1-3H3,(H,28,30). The normalized spacial score (nSPS) is 17.1. The third-order valence-corrected chi connectivity index (χ3v) is 6.54. The van der Waals surface area contributed by atoms with Crippen molar-refractivity contribution in [2.24, 2.45) is 5.92 Å². The van der Waals surface area contributed by atoms with Gasteiger partial charge in [0.25, 0.3) is 0 Å². The van der Waals surface area contributed by atoms with Crippen molar-refractivity contribution in [2.45, 2.75) is 46.1 Å². The molecule has 2 N–H and O–H groups in total. The molecule has 0 spiro atoms. The number of ether oxygens (including phenoxy) is 1. The zero-order valence-electron chi connectivity index (χ0n) is 18.8. The maximum absolute atomic E-state index is 12.5. The molecule has 1 aromatic heterocycles. The number of hydrogen-bond donors (Lipinski definition) is 2. The predicted octanol–water partition coefficient (Wildman–Crippen LogP) is 5.42. The summed E-state index contributed by atoms with van der Waals surface area (Å²) in [4.78, 5) is 18.7. The van der Waals surface area contributed by atoms with Gasteiger partial charge in [-0.2, -0.15) is 0 Å². The van der Waals surface area contributed by atoms with E-state index in [1.807, 2.05) is 25.1 Å². The molecule has 0 saturated carbocycles. The minimum absolute atomic E-state index is 0.0943. The molecule has 3 aromatic rings. The highest BCUT2D eigenvalue weighted by Gasteiger charge is 2.22. The Bertz CT molecular complexity index is 1060. The summed E-state index contributed by atoms with van der Waals surface area (Å²) in [7, 11) is 1.65. The number of aryl methyl sites for hydroxylation is 2. The predicted molar refractivity (Wildman–Crippen MR) is 127 cm³/mol. The van der Waals surface area contributed by atoms with Gasteiger partial charge < -0.3 is 15.0 Å². The molecule has 1 amide bonds. The average molecular weight is 420 g/mol. The summed E-state index contributed by atoms with van der Waals surface area (Å²) >= 11 is 0. The fourth-order valence-corrected chi connectivity index (χ4v) is 4.70. The van der Waals surface area contributed by atoms with Crippen LogP contribution in [0.3, 0.4) is 0 Å². The zero-order valence-corrected chi connectivity index (χ0v) is 18.8. The van der Waals surface area contributed by atoms with Gasteiger partial charge in [-0.1, -0.05) is 18.2 Å². The molecule has 31 heavy (non-hydrogen) atoms. The number of amides is 1. The van der Waals surface area contributed by atoms with Crippen LogP contribution in [-0.2, 0) is 11.3 Å².